The van der Waals surface area contributed by atoms with Crippen LogP contribution in [0.25, 0.3) is 6.08 Å². The van der Waals surface area contributed by atoms with Gasteiger partial charge in [0.15, 0.2) is 0 Å². The van der Waals surface area contributed by atoms with Gasteiger partial charge in [-0.1, -0.05) is 12.2 Å². The van der Waals surface area contributed by atoms with Crippen LogP contribution in [-0.4, -0.2) is 20.8 Å². The van der Waals surface area contributed by atoms with Crippen molar-refractivity contribution in [2.24, 2.45) is 5.73 Å². The molecule has 0 fully saturated rings. The van der Waals surface area contributed by atoms with E-state index in [0.29, 0.717) is 6.54 Å². The van der Waals surface area contributed by atoms with E-state index in [4.69, 9.17) is 15.2 Å². The molecule has 1 rings (SSSR count). The number of hydrogen-bond acceptors (Lipinski definition) is 3. The van der Waals surface area contributed by atoms with Crippen LogP contribution in [0.4, 0.5) is 0 Å². The molecule has 1 aromatic carbocycles. The van der Waals surface area contributed by atoms with Gasteiger partial charge in [0, 0.05) is 5.56 Å². The molecule has 0 heterocycles. The SMILES string of the molecule is CC=Cc1cc(OC)c(CCN)cc1OC.Cl. The first-order valence-corrected chi connectivity index (χ1v) is 5.34. The molecule has 2 N–H and O–H groups in total. The number of nitrogens with two attached hydrogens (primary N) is 1. The Hall–Kier alpha value is -1.19. The zero-order valence-electron chi connectivity index (χ0n) is 10.5. The molecule has 0 atom stereocenters. The second-order valence-electron chi connectivity index (χ2n) is 3.44. The van der Waals surface area contributed by atoms with E-state index in [1.807, 2.05) is 31.2 Å². The first-order chi connectivity index (χ1) is 7.76. The quantitative estimate of drug-likeness (QED) is 0.882. The number of allylic oxidation sites excluding steroid dienone is 1. The smallest absolute Gasteiger partial charge is 0.126 e. The summed E-state index contributed by atoms with van der Waals surface area (Å²) in [6, 6.07) is 3.96. The maximum atomic E-state index is 5.56. The van der Waals surface area contributed by atoms with Crippen molar-refractivity contribution in [1.29, 1.82) is 0 Å². The largest absolute Gasteiger partial charge is 0.496 e. The van der Waals surface area contributed by atoms with Gasteiger partial charge in [0.1, 0.15) is 11.5 Å². The lowest BCUT2D eigenvalue weighted by atomic mass is 10.1. The molecule has 17 heavy (non-hydrogen) atoms. The van der Waals surface area contributed by atoms with Crippen LogP contribution in [0.5, 0.6) is 11.5 Å². The molecule has 3 nitrogen and oxygen atoms in total. The van der Waals surface area contributed by atoms with Gasteiger partial charge in [-0.15, -0.1) is 12.4 Å². The van der Waals surface area contributed by atoms with Crippen molar-refractivity contribution in [3.05, 3.63) is 29.3 Å². The summed E-state index contributed by atoms with van der Waals surface area (Å²) in [5.41, 5.74) is 7.66. The number of halogens is 1. The summed E-state index contributed by atoms with van der Waals surface area (Å²) in [5, 5.41) is 0. The van der Waals surface area contributed by atoms with Gasteiger partial charge >= 0.3 is 0 Å². The van der Waals surface area contributed by atoms with Crippen molar-refractivity contribution in [3.8, 4) is 11.5 Å². The lowest BCUT2D eigenvalue weighted by Crippen LogP contribution is -2.05. The van der Waals surface area contributed by atoms with Gasteiger partial charge in [-0.05, 0) is 37.6 Å². The van der Waals surface area contributed by atoms with Gasteiger partial charge in [-0.3, -0.25) is 0 Å². The van der Waals surface area contributed by atoms with Gasteiger partial charge < -0.3 is 15.2 Å². The van der Waals surface area contributed by atoms with Gasteiger partial charge in [-0.25, -0.2) is 0 Å². The van der Waals surface area contributed by atoms with E-state index < -0.39 is 0 Å². The number of rotatable bonds is 5. The van der Waals surface area contributed by atoms with E-state index in [9.17, 15) is 0 Å². The van der Waals surface area contributed by atoms with Crippen molar-refractivity contribution in [2.75, 3.05) is 20.8 Å². The fourth-order valence-electron chi connectivity index (χ4n) is 1.65. The highest BCUT2D eigenvalue weighted by molar-refractivity contribution is 5.85. The summed E-state index contributed by atoms with van der Waals surface area (Å²) < 4.78 is 10.7. The minimum Gasteiger partial charge on any atom is -0.496 e. The molecule has 0 spiro atoms. The van der Waals surface area contributed by atoms with E-state index in [0.717, 1.165) is 29.0 Å². The van der Waals surface area contributed by atoms with Crippen molar-refractivity contribution in [2.45, 2.75) is 13.3 Å². The van der Waals surface area contributed by atoms with Crippen molar-refractivity contribution in [3.63, 3.8) is 0 Å². The molecule has 0 aliphatic carbocycles. The first kappa shape index (κ1) is 15.8. The molecule has 0 aromatic heterocycles. The van der Waals surface area contributed by atoms with Crippen LogP contribution in [-0.2, 0) is 6.42 Å². The molecular weight excluding hydrogens is 238 g/mol. The predicted molar refractivity (Wildman–Crippen MR) is 74.3 cm³/mol. The topological polar surface area (TPSA) is 44.5 Å². The lowest BCUT2D eigenvalue weighted by molar-refractivity contribution is 0.398. The summed E-state index contributed by atoms with van der Waals surface area (Å²) in [5.74, 6) is 1.71. The van der Waals surface area contributed by atoms with E-state index in [1.165, 1.54) is 0 Å². The van der Waals surface area contributed by atoms with Gasteiger partial charge in [0.05, 0.1) is 14.2 Å². The van der Waals surface area contributed by atoms with Crippen LogP contribution in [0.3, 0.4) is 0 Å². The second-order valence-corrected chi connectivity index (χ2v) is 3.44. The number of benzene rings is 1. The Morgan fingerprint density at radius 2 is 1.82 bits per heavy atom. The molecule has 0 unspecified atom stereocenters. The van der Waals surface area contributed by atoms with E-state index >= 15 is 0 Å². The average molecular weight is 258 g/mol. The standard InChI is InChI=1S/C13H19NO2.ClH/c1-4-5-10-8-13(16-3)11(6-7-14)9-12(10)15-2;/h4-5,8-9H,6-7,14H2,1-3H3;1H. The Morgan fingerprint density at radius 1 is 1.18 bits per heavy atom. The second kappa shape index (κ2) is 7.98. The third-order valence-electron chi connectivity index (χ3n) is 2.39. The summed E-state index contributed by atoms with van der Waals surface area (Å²) >= 11 is 0. The number of methoxy groups -OCH3 is 2. The minimum absolute atomic E-state index is 0. The van der Waals surface area contributed by atoms with Crippen LogP contribution in [0.2, 0.25) is 0 Å². The highest BCUT2D eigenvalue weighted by atomic mass is 35.5. The van der Waals surface area contributed by atoms with Crippen LogP contribution < -0.4 is 15.2 Å². The maximum absolute atomic E-state index is 5.56. The molecule has 0 saturated carbocycles. The molecule has 96 valence electrons. The minimum atomic E-state index is 0. The fraction of sp³-hybridized carbons (Fsp3) is 0.385. The van der Waals surface area contributed by atoms with Crippen molar-refractivity contribution >= 4 is 18.5 Å². The van der Waals surface area contributed by atoms with E-state index in [-0.39, 0.29) is 12.4 Å². The van der Waals surface area contributed by atoms with Crippen molar-refractivity contribution < 1.29 is 9.47 Å². The highest BCUT2D eigenvalue weighted by Crippen LogP contribution is 2.29. The molecule has 0 aliphatic heterocycles. The van der Waals surface area contributed by atoms with Gasteiger partial charge in [0.2, 0.25) is 0 Å². The number of hydrogen-bond donors (Lipinski definition) is 1. The van der Waals surface area contributed by atoms with Crippen molar-refractivity contribution in [1.82, 2.24) is 0 Å². The lowest BCUT2D eigenvalue weighted by Gasteiger charge is -2.12. The number of ether oxygens (including phenoxy) is 2. The van der Waals surface area contributed by atoms with Crippen LogP contribution >= 0.6 is 12.4 Å². The molecule has 0 amide bonds. The molecule has 0 aliphatic rings. The Balaban J connectivity index is 0.00000256. The monoisotopic (exact) mass is 257 g/mol. The molecule has 0 radical (unpaired) electrons. The zero-order valence-corrected chi connectivity index (χ0v) is 11.3. The molecular formula is C13H20ClNO2. The third kappa shape index (κ3) is 3.95. The van der Waals surface area contributed by atoms with E-state index in [2.05, 4.69) is 0 Å². The fourth-order valence-corrected chi connectivity index (χ4v) is 1.65. The Kier molecular flexibility index (Phi) is 7.42. The Bertz CT molecular complexity index is 378. The maximum Gasteiger partial charge on any atom is 0.126 e. The average Bonchev–Trinajstić information content (AvgIpc) is 2.31. The van der Waals surface area contributed by atoms with Gasteiger partial charge in [-0.2, -0.15) is 0 Å². The highest BCUT2D eigenvalue weighted by Gasteiger charge is 2.08. The van der Waals surface area contributed by atoms with Crippen LogP contribution in [0, 0.1) is 0 Å². The zero-order chi connectivity index (χ0) is 12.0. The van der Waals surface area contributed by atoms with Crippen LogP contribution in [0.1, 0.15) is 18.1 Å². The van der Waals surface area contributed by atoms with Crippen LogP contribution in [0.15, 0.2) is 18.2 Å². The summed E-state index contributed by atoms with van der Waals surface area (Å²) in [4.78, 5) is 0. The third-order valence-corrected chi connectivity index (χ3v) is 2.39. The molecule has 1 aromatic rings. The summed E-state index contributed by atoms with van der Waals surface area (Å²) in [7, 11) is 3.34. The normalized spacial score (nSPS) is 10.1. The Labute approximate surface area is 109 Å². The van der Waals surface area contributed by atoms with E-state index in [1.54, 1.807) is 14.2 Å². The summed E-state index contributed by atoms with van der Waals surface area (Å²) in [6.45, 7) is 2.57. The predicted octanol–water partition coefficient (Wildman–Crippen LogP) is 2.66. The molecule has 0 bridgehead atoms. The Morgan fingerprint density at radius 3 is 2.29 bits per heavy atom. The van der Waals surface area contributed by atoms with Gasteiger partial charge in [0.25, 0.3) is 0 Å². The summed E-state index contributed by atoms with van der Waals surface area (Å²) in [6.07, 6.45) is 4.75. The molecule has 4 heteroatoms. The molecule has 0 saturated heterocycles. The first-order valence-electron chi connectivity index (χ1n) is 5.34.